The molecule has 0 radical (unpaired) electrons. The van der Waals surface area contributed by atoms with Crippen LogP contribution in [0.1, 0.15) is 43.1 Å². The van der Waals surface area contributed by atoms with Gasteiger partial charge in [-0.3, -0.25) is 14.3 Å². The number of carbonyl (C=O) groups is 2. The summed E-state index contributed by atoms with van der Waals surface area (Å²) in [6.07, 6.45) is 5.23. The van der Waals surface area contributed by atoms with E-state index in [0.717, 1.165) is 25.8 Å². The number of hydrogen-bond acceptors (Lipinski definition) is 3. The Labute approximate surface area is 107 Å². The third-order valence-electron chi connectivity index (χ3n) is 3.34. The molecule has 1 saturated heterocycles. The molecule has 1 unspecified atom stereocenters. The van der Waals surface area contributed by atoms with Gasteiger partial charge in [0.15, 0.2) is 0 Å². The zero-order valence-electron chi connectivity index (χ0n) is 10.9. The van der Waals surface area contributed by atoms with Crippen LogP contribution in [0.25, 0.3) is 0 Å². The van der Waals surface area contributed by atoms with Crippen LogP contribution in [-0.4, -0.2) is 39.0 Å². The Hall–Kier alpha value is -1.65. The molecule has 0 spiro atoms. The Morgan fingerprint density at radius 2 is 2.22 bits per heavy atom. The van der Waals surface area contributed by atoms with Crippen molar-refractivity contribution in [3.8, 4) is 0 Å². The van der Waals surface area contributed by atoms with Crippen LogP contribution in [0.2, 0.25) is 0 Å². The van der Waals surface area contributed by atoms with E-state index in [9.17, 15) is 9.59 Å². The van der Waals surface area contributed by atoms with E-state index in [1.165, 1.54) is 0 Å². The summed E-state index contributed by atoms with van der Waals surface area (Å²) in [5.74, 6) is 0.0854. The zero-order chi connectivity index (χ0) is 13.1. The van der Waals surface area contributed by atoms with E-state index in [1.54, 1.807) is 30.9 Å². The average Bonchev–Trinajstić information content (AvgIpc) is 2.75. The molecule has 98 valence electrons. The minimum Gasteiger partial charge on any atom is -0.334 e. The van der Waals surface area contributed by atoms with Crippen LogP contribution in [-0.2, 0) is 11.8 Å². The van der Waals surface area contributed by atoms with Crippen molar-refractivity contribution in [3.63, 3.8) is 0 Å². The summed E-state index contributed by atoms with van der Waals surface area (Å²) in [6, 6.07) is 1.77. The predicted molar refractivity (Wildman–Crippen MR) is 67.2 cm³/mol. The number of ketones is 1. The highest BCUT2D eigenvalue weighted by molar-refractivity contribution is 5.92. The highest BCUT2D eigenvalue weighted by atomic mass is 16.2. The molecule has 2 rings (SSSR count). The summed E-state index contributed by atoms with van der Waals surface area (Å²) in [4.78, 5) is 25.4. The number of piperidine rings is 1. The van der Waals surface area contributed by atoms with Gasteiger partial charge < -0.3 is 4.90 Å². The first-order valence-electron chi connectivity index (χ1n) is 6.38. The van der Waals surface area contributed by atoms with E-state index in [2.05, 4.69) is 5.10 Å². The van der Waals surface area contributed by atoms with Crippen LogP contribution in [0, 0.1) is 0 Å². The van der Waals surface area contributed by atoms with Crippen LogP contribution >= 0.6 is 0 Å². The van der Waals surface area contributed by atoms with Gasteiger partial charge in [0.25, 0.3) is 5.91 Å². The van der Waals surface area contributed by atoms with Crippen molar-refractivity contribution in [2.45, 2.75) is 38.6 Å². The molecule has 1 aromatic rings. The van der Waals surface area contributed by atoms with Crippen molar-refractivity contribution in [1.82, 2.24) is 14.7 Å². The van der Waals surface area contributed by atoms with E-state index in [4.69, 9.17) is 0 Å². The van der Waals surface area contributed by atoms with Crippen molar-refractivity contribution in [2.24, 2.45) is 7.05 Å². The largest absolute Gasteiger partial charge is 0.334 e. The number of likely N-dealkylation sites (tertiary alicyclic amines) is 1. The van der Waals surface area contributed by atoms with E-state index >= 15 is 0 Å². The van der Waals surface area contributed by atoms with Gasteiger partial charge in [-0.2, -0.15) is 5.10 Å². The monoisotopic (exact) mass is 249 g/mol. The average molecular weight is 249 g/mol. The summed E-state index contributed by atoms with van der Waals surface area (Å²) in [5.41, 5.74) is 0.466. The summed E-state index contributed by atoms with van der Waals surface area (Å²) < 4.78 is 1.62. The summed E-state index contributed by atoms with van der Waals surface area (Å²) >= 11 is 0. The number of aromatic nitrogens is 2. The van der Waals surface area contributed by atoms with Crippen LogP contribution in [0.3, 0.4) is 0 Å². The van der Waals surface area contributed by atoms with Crippen molar-refractivity contribution in [2.75, 3.05) is 6.54 Å². The molecule has 0 aliphatic carbocycles. The van der Waals surface area contributed by atoms with Gasteiger partial charge in [-0.1, -0.05) is 0 Å². The first-order chi connectivity index (χ1) is 8.58. The molecule has 0 saturated carbocycles. The first kappa shape index (κ1) is 12.8. The van der Waals surface area contributed by atoms with Crippen molar-refractivity contribution >= 4 is 11.7 Å². The second kappa shape index (κ2) is 5.33. The number of hydrogen-bond donors (Lipinski definition) is 0. The van der Waals surface area contributed by atoms with E-state index < -0.39 is 0 Å². The lowest BCUT2D eigenvalue weighted by atomic mass is 9.97. The van der Waals surface area contributed by atoms with Crippen molar-refractivity contribution < 1.29 is 9.59 Å². The smallest absolute Gasteiger partial charge is 0.274 e. The molecule has 0 N–H and O–H groups in total. The fraction of sp³-hybridized carbons (Fsp3) is 0.615. The molecule has 0 aromatic carbocycles. The lowest BCUT2D eigenvalue weighted by Gasteiger charge is -2.34. The summed E-state index contributed by atoms with van der Waals surface area (Å²) in [6.45, 7) is 2.31. The van der Waals surface area contributed by atoms with E-state index in [-0.39, 0.29) is 17.7 Å². The standard InChI is InChI=1S/C13H19N3O2/c1-10(17)9-11-5-3-4-7-16(11)13(18)12-6-8-15(2)14-12/h6,8,11H,3-5,7,9H2,1-2H3. The molecule has 1 aliphatic heterocycles. The molecule has 1 aliphatic rings. The lowest BCUT2D eigenvalue weighted by Crippen LogP contribution is -2.44. The number of rotatable bonds is 3. The van der Waals surface area contributed by atoms with Crippen LogP contribution in [0.5, 0.6) is 0 Å². The predicted octanol–water partition coefficient (Wildman–Crippen LogP) is 1.39. The summed E-state index contributed by atoms with van der Waals surface area (Å²) in [5, 5.41) is 4.14. The Kier molecular flexibility index (Phi) is 3.79. The molecule has 2 heterocycles. The molecule has 18 heavy (non-hydrogen) atoms. The van der Waals surface area contributed by atoms with Crippen LogP contribution in [0.4, 0.5) is 0 Å². The summed E-state index contributed by atoms with van der Waals surface area (Å²) in [7, 11) is 1.79. The maximum absolute atomic E-state index is 12.3. The number of aryl methyl sites for hydroxylation is 1. The second-order valence-corrected chi connectivity index (χ2v) is 4.93. The Balaban J connectivity index is 2.13. The van der Waals surface area contributed by atoms with Crippen molar-refractivity contribution in [1.29, 1.82) is 0 Å². The Morgan fingerprint density at radius 1 is 1.44 bits per heavy atom. The van der Waals surface area contributed by atoms with Gasteiger partial charge in [0.2, 0.25) is 0 Å². The quantitative estimate of drug-likeness (QED) is 0.813. The number of nitrogens with zero attached hydrogens (tertiary/aromatic N) is 3. The first-order valence-corrected chi connectivity index (χ1v) is 6.38. The van der Waals surface area contributed by atoms with Crippen LogP contribution < -0.4 is 0 Å². The van der Waals surface area contributed by atoms with Gasteiger partial charge in [-0.25, -0.2) is 0 Å². The molecule has 1 amide bonds. The van der Waals surface area contributed by atoms with Crippen LogP contribution in [0.15, 0.2) is 12.3 Å². The van der Waals surface area contributed by atoms with Gasteiger partial charge in [-0.05, 0) is 32.3 Å². The Bertz CT molecular complexity index is 453. The van der Waals surface area contributed by atoms with Gasteiger partial charge in [-0.15, -0.1) is 0 Å². The maximum atomic E-state index is 12.3. The number of amides is 1. The van der Waals surface area contributed by atoms with E-state index in [0.29, 0.717) is 12.1 Å². The highest BCUT2D eigenvalue weighted by Crippen LogP contribution is 2.21. The third-order valence-corrected chi connectivity index (χ3v) is 3.34. The lowest BCUT2D eigenvalue weighted by molar-refractivity contribution is -0.118. The van der Waals surface area contributed by atoms with Gasteiger partial charge in [0, 0.05) is 32.3 Å². The number of carbonyl (C=O) groups excluding carboxylic acids is 2. The SMILES string of the molecule is CC(=O)CC1CCCCN1C(=O)c1ccn(C)n1. The molecule has 5 nitrogen and oxygen atoms in total. The van der Waals surface area contributed by atoms with Gasteiger partial charge in [0.05, 0.1) is 0 Å². The maximum Gasteiger partial charge on any atom is 0.274 e. The van der Waals surface area contributed by atoms with Gasteiger partial charge in [0.1, 0.15) is 11.5 Å². The Morgan fingerprint density at radius 3 is 2.83 bits per heavy atom. The normalized spacial score (nSPS) is 19.9. The topological polar surface area (TPSA) is 55.2 Å². The molecular weight excluding hydrogens is 230 g/mol. The second-order valence-electron chi connectivity index (χ2n) is 4.93. The molecule has 1 aromatic heterocycles. The van der Waals surface area contributed by atoms with Crippen molar-refractivity contribution in [3.05, 3.63) is 18.0 Å². The van der Waals surface area contributed by atoms with Gasteiger partial charge >= 0.3 is 0 Å². The third kappa shape index (κ3) is 2.78. The molecule has 1 fully saturated rings. The number of Topliss-reactive ketones (excluding diaryl/α,β-unsaturated/α-hetero) is 1. The minimum atomic E-state index is -0.0541. The fourth-order valence-electron chi connectivity index (χ4n) is 2.49. The fourth-order valence-corrected chi connectivity index (χ4v) is 2.49. The minimum absolute atomic E-state index is 0.0470. The highest BCUT2D eigenvalue weighted by Gasteiger charge is 2.29. The molecular formula is C13H19N3O2. The molecule has 5 heteroatoms. The molecule has 1 atom stereocenters. The van der Waals surface area contributed by atoms with E-state index in [1.807, 2.05) is 4.90 Å². The zero-order valence-corrected chi connectivity index (χ0v) is 10.9. The molecule has 0 bridgehead atoms.